The minimum Gasteiger partial charge on any atom is -0.505 e. The lowest BCUT2D eigenvalue weighted by molar-refractivity contribution is -0.647. The molecule has 2 aliphatic rings. The van der Waals surface area contributed by atoms with Crippen LogP contribution in [0.5, 0.6) is 5.75 Å². The van der Waals surface area contributed by atoms with Crippen molar-refractivity contribution in [2.45, 2.75) is 32.6 Å². The molecule has 3 heterocycles. The van der Waals surface area contributed by atoms with E-state index in [4.69, 9.17) is 5.10 Å². The van der Waals surface area contributed by atoms with Crippen LogP contribution in [0.1, 0.15) is 36.7 Å². The first-order valence-corrected chi connectivity index (χ1v) is 10.8. The van der Waals surface area contributed by atoms with Crippen LogP contribution < -0.4 is 14.5 Å². The van der Waals surface area contributed by atoms with E-state index in [1.54, 1.807) is 0 Å². The van der Waals surface area contributed by atoms with Crippen molar-refractivity contribution in [2.24, 2.45) is 19.2 Å². The minimum atomic E-state index is 0.390. The topological polar surface area (TPSA) is 47.9 Å². The summed E-state index contributed by atoms with van der Waals surface area (Å²) in [7, 11) is 6.08. The number of hydrogen-bond donors (Lipinski definition) is 1. The van der Waals surface area contributed by atoms with E-state index in [1.165, 1.54) is 28.7 Å². The summed E-state index contributed by atoms with van der Waals surface area (Å²) in [6.07, 6.45) is 4.28. The third kappa shape index (κ3) is 2.77. The molecule has 156 valence electrons. The van der Waals surface area contributed by atoms with Gasteiger partial charge in [-0.25, -0.2) is 9.13 Å². The van der Waals surface area contributed by atoms with E-state index in [-0.39, 0.29) is 0 Å². The summed E-state index contributed by atoms with van der Waals surface area (Å²) in [4.78, 5) is 2.45. The zero-order valence-electron chi connectivity index (χ0n) is 18.3. The summed E-state index contributed by atoms with van der Waals surface area (Å²) < 4.78 is 4.35. The van der Waals surface area contributed by atoms with Crippen molar-refractivity contribution in [3.63, 3.8) is 0 Å². The third-order valence-corrected chi connectivity index (χ3v) is 6.69. The van der Waals surface area contributed by atoms with Crippen molar-refractivity contribution in [1.29, 1.82) is 0 Å². The Labute approximate surface area is 177 Å². The van der Waals surface area contributed by atoms with E-state index in [0.29, 0.717) is 5.75 Å². The summed E-state index contributed by atoms with van der Waals surface area (Å²) >= 11 is 0. The number of phenols is 1. The molecule has 5 rings (SSSR count). The maximum atomic E-state index is 11.1. The van der Waals surface area contributed by atoms with Crippen LogP contribution in [0.2, 0.25) is 0 Å². The van der Waals surface area contributed by atoms with Gasteiger partial charge in [-0.05, 0) is 56.4 Å². The molecule has 0 amide bonds. The first kappa shape index (κ1) is 19.0. The van der Waals surface area contributed by atoms with Crippen LogP contribution in [0.4, 0.5) is 11.4 Å². The van der Waals surface area contributed by atoms with Gasteiger partial charge in [0, 0.05) is 31.4 Å². The molecule has 30 heavy (non-hydrogen) atoms. The Hall–Kier alpha value is -3.02. The Bertz CT molecular complexity index is 1140. The fourth-order valence-electron chi connectivity index (χ4n) is 5.37. The molecule has 1 N–H and O–H groups in total. The number of nitrogens with zero attached hydrogens (tertiary/aromatic N) is 5. The SMILES string of the molecule is C/C(=N\N(C)c1cc2c3c(c1O)CCCN3CCC2)c1n(C)c2ccccc2[n+]1C. The second-order valence-corrected chi connectivity index (χ2v) is 8.56. The largest absolute Gasteiger partial charge is 0.505 e. The van der Waals surface area contributed by atoms with Crippen molar-refractivity contribution >= 4 is 28.1 Å². The Balaban J connectivity index is 1.58. The Morgan fingerprint density at radius 2 is 1.90 bits per heavy atom. The van der Waals surface area contributed by atoms with Crippen LogP contribution in [-0.4, -0.2) is 35.5 Å². The number of aromatic nitrogens is 2. The second-order valence-electron chi connectivity index (χ2n) is 8.56. The average molecular weight is 405 g/mol. The lowest BCUT2D eigenvalue weighted by Crippen LogP contribution is -2.36. The van der Waals surface area contributed by atoms with Gasteiger partial charge in [0.2, 0.25) is 0 Å². The molecule has 0 spiro atoms. The van der Waals surface area contributed by atoms with Crippen molar-refractivity contribution in [3.8, 4) is 5.75 Å². The van der Waals surface area contributed by atoms with Gasteiger partial charge in [-0.3, -0.25) is 5.01 Å². The molecule has 2 aromatic carbocycles. The summed E-state index contributed by atoms with van der Waals surface area (Å²) in [5.41, 5.74) is 7.78. The molecule has 0 unspecified atom stereocenters. The number of aromatic hydroxyl groups is 1. The van der Waals surface area contributed by atoms with Crippen molar-refractivity contribution < 1.29 is 9.67 Å². The standard InChI is InChI=1S/C24H29N5O/c1-16(24-26(2)19-11-5-6-12-20(19)27(24)3)25-28(4)21-15-17-9-7-13-29-14-8-10-18(22(17)29)23(21)30/h5-6,11-12,15H,7-10,13-14H2,1-4H3/p+1. The van der Waals surface area contributed by atoms with E-state index in [0.717, 1.165) is 55.1 Å². The maximum Gasteiger partial charge on any atom is 0.305 e. The molecule has 0 aliphatic carbocycles. The van der Waals surface area contributed by atoms with E-state index in [1.807, 2.05) is 19.0 Å². The van der Waals surface area contributed by atoms with Gasteiger partial charge >= 0.3 is 5.82 Å². The van der Waals surface area contributed by atoms with Gasteiger partial charge < -0.3 is 10.0 Å². The number of phenolic OH excluding ortho intramolecular Hbond substituents is 1. The van der Waals surface area contributed by atoms with Gasteiger partial charge in [-0.1, -0.05) is 12.1 Å². The van der Waals surface area contributed by atoms with Crippen LogP contribution >= 0.6 is 0 Å². The molecule has 0 fully saturated rings. The normalized spacial score (nSPS) is 16.1. The van der Waals surface area contributed by atoms with Gasteiger partial charge in [0.15, 0.2) is 11.0 Å². The van der Waals surface area contributed by atoms with Crippen LogP contribution in [0.3, 0.4) is 0 Å². The molecule has 0 bridgehead atoms. The molecule has 6 heteroatoms. The quantitative estimate of drug-likeness (QED) is 0.414. The molecule has 3 aromatic rings. The Morgan fingerprint density at radius 1 is 1.17 bits per heavy atom. The number of hydrogen-bond acceptors (Lipinski definition) is 4. The second kappa shape index (κ2) is 7.04. The highest BCUT2D eigenvalue weighted by Crippen LogP contribution is 2.45. The fraction of sp³-hybridized carbons (Fsp3) is 0.417. The van der Waals surface area contributed by atoms with Crippen molar-refractivity contribution in [1.82, 2.24) is 4.57 Å². The predicted molar refractivity (Wildman–Crippen MR) is 122 cm³/mol. The average Bonchev–Trinajstić information content (AvgIpc) is 3.01. The summed E-state index contributed by atoms with van der Waals surface area (Å²) in [6, 6.07) is 10.5. The highest BCUT2D eigenvalue weighted by molar-refractivity contribution is 5.97. The van der Waals surface area contributed by atoms with E-state index < -0.39 is 0 Å². The summed E-state index contributed by atoms with van der Waals surface area (Å²) in [5.74, 6) is 1.44. The first-order chi connectivity index (χ1) is 14.5. The monoisotopic (exact) mass is 404 g/mol. The van der Waals surface area contributed by atoms with Gasteiger partial charge in [0.25, 0.3) is 0 Å². The minimum absolute atomic E-state index is 0.390. The Morgan fingerprint density at radius 3 is 2.67 bits per heavy atom. The molecule has 0 radical (unpaired) electrons. The highest BCUT2D eigenvalue weighted by Gasteiger charge is 2.29. The number of aryl methyl sites for hydroxylation is 3. The summed E-state index contributed by atoms with van der Waals surface area (Å²) in [5, 5.41) is 17.9. The number of anilines is 2. The first-order valence-electron chi connectivity index (χ1n) is 10.8. The molecule has 0 saturated carbocycles. The molecule has 6 nitrogen and oxygen atoms in total. The van der Waals surface area contributed by atoms with Crippen LogP contribution in [-0.2, 0) is 26.9 Å². The van der Waals surface area contributed by atoms with E-state index in [2.05, 4.69) is 58.5 Å². The number of hydrazone groups is 1. The number of imidazole rings is 1. The lowest BCUT2D eigenvalue weighted by Gasteiger charge is -2.38. The van der Waals surface area contributed by atoms with Crippen LogP contribution in [0, 0.1) is 0 Å². The van der Waals surface area contributed by atoms with Gasteiger partial charge in [-0.15, -0.1) is 0 Å². The van der Waals surface area contributed by atoms with Crippen LogP contribution in [0.15, 0.2) is 35.4 Å². The highest BCUT2D eigenvalue weighted by atomic mass is 16.3. The number of para-hydroxylation sites is 2. The lowest BCUT2D eigenvalue weighted by atomic mass is 9.90. The molecular weight excluding hydrogens is 374 g/mol. The molecule has 2 aliphatic heterocycles. The van der Waals surface area contributed by atoms with Crippen molar-refractivity contribution in [2.75, 3.05) is 30.0 Å². The predicted octanol–water partition coefficient (Wildman–Crippen LogP) is 3.27. The zero-order chi connectivity index (χ0) is 21.0. The molecule has 0 saturated heterocycles. The van der Waals surface area contributed by atoms with Crippen molar-refractivity contribution in [3.05, 3.63) is 47.3 Å². The maximum absolute atomic E-state index is 11.1. The molecular formula is C24H30N5O+. The van der Waals surface area contributed by atoms with Gasteiger partial charge in [-0.2, -0.15) is 5.10 Å². The zero-order valence-corrected chi connectivity index (χ0v) is 18.3. The molecule has 0 atom stereocenters. The van der Waals surface area contributed by atoms with Gasteiger partial charge in [0.05, 0.1) is 14.1 Å². The fourth-order valence-corrected chi connectivity index (χ4v) is 5.37. The number of fused-ring (bicyclic) bond motifs is 1. The van der Waals surface area contributed by atoms with E-state index >= 15 is 0 Å². The van der Waals surface area contributed by atoms with E-state index in [9.17, 15) is 5.11 Å². The Kier molecular flexibility index (Phi) is 4.45. The van der Waals surface area contributed by atoms with Gasteiger partial charge in [0.1, 0.15) is 17.1 Å². The van der Waals surface area contributed by atoms with Crippen LogP contribution in [0.25, 0.3) is 11.0 Å². The number of benzene rings is 2. The molecule has 1 aromatic heterocycles. The summed E-state index contributed by atoms with van der Waals surface area (Å²) in [6.45, 7) is 4.23. The smallest absolute Gasteiger partial charge is 0.305 e. The number of rotatable bonds is 3. The third-order valence-electron chi connectivity index (χ3n) is 6.69.